The number of carbonyl (C=O) groups excluding carboxylic acids is 1. The Bertz CT molecular complexity index is 410. The van der Waals surface area contributed by atoms with Gasteiger partial charge in [-0.3, -0.25) is 4.79 Å². The third-order valence-electron chi connectivity index (χ3n) is 2.43. The predicted molar refractivity (Wildman–Crippen MR) is 72.4 cm³/mol. The second-order valence-electron chi connectivity index (χ2n) is 3.82. The normalized spacial score (nSPS) is 10.2. The number of hydrogen-bond acceptors (Lipinski definition) is 5. The second-order valence-corrected chi connectivity index (χ2v) is 3.82. The van der Waals surface area contributed by atoms with Crippen LogP contribution >= 0.6 is 0 Å². The Morgan fingerprint density at radius 1 is 1.26 bits per heavy atom. The maximum atomic E-state index is 11.9. The highest BCUT2D eigenvalue weighted by Crippen LogP contribution is 2.21. The van der Waals surface area contributed by atoms with Gasteiger partial charge in [0.2, 0.25) is 0 Å². The SMILES string of the molecule is COCCOCCNC(=O)c1ccc(N)cc1OC. The van der Waals surface area contributed by atoms with Gasteiger partial charge in [0, 0.05) is 25.4 Å². The first-order valence-electron chi connectivity index (χ1n) is 5.97. The van der Waals surface area contributed by atoms with E-state index in [4.69, 9.17) is 19.9 Å². The lowest BCUT2D eigenvalue weighted by Crippen LogP contribution is -2.28. The molecule has 106 valence electrons. The van der Waals surface area contributed by atoms with E-state index >= 15 is 0 Å². The van der Waals surface area contributed by atoms with Gasteiger partial charge in [-0.05, 0) is 12.1 Å². The molecule has 0 saturated carbocycles. The highest BCUT2D eigenvalue weighted by molar-refractivity contribution is 5.97. The van der Waals surface area contributed by atoms with Crippen LogP contribution in [0.3, 0.4) is 0 Å². The van der Waals surface area contributed by atoms with Gasteiger partial charge in [0.05, 0.1) is 32.5 Å². The highest BCUT2D eigenvalue weighted by Gasteiger charge is 2.11. The number of nitrogens with two attached hydrogens (primary N) is 1. The van der Waals surface area contributed by atoms with Crippen molar-refractivity contribution in [1.29, 1.82) is 0 Å². The monoisotopic (exact) mass is 268 g/mol. The first-order chi connectivity index (χ1) is 9.19. The van der Waals surface area contributed by atoms with E-state index in [1.807, 2.05) is 0 Å². The van der Waals surface area contributed by atoms with Gasteiger partial charge in [0.15, 0.2) is 0 Å². The molecule has 0 aromatic heterocycles. The van der Waals surface area contributed by atoms with Crippen molar-refractivity contribution >= 4 is 11.6 Å². The fourth-order valence-electron chi connectivity index (χ4n) is 1.47. The third-order valence-corrected chi connectivity index (χ3v) is 2.43. The van der Waals surface area contributed by atoms with Gasteiger partial charge in [0.25, 0.3) is 5.91 Å². The Kier molecular flexibility index (Phi) is 6.70. The van der Waals surface area contributed by atoms with E-state index in [0.717, 1.165) is 0 Å². The van der Waals surface area contributed by atoms with Crippen LogP contribution in [0.25, 0.3) is 0 Å². The Balaban J connectivity index is 2.41. The van der Waals surface area contributed by atoms with Crippen LogP contribution in [0.1, 0.15) is 10.4 Å². The van der Waals surface area contributed by atoms with Crippen molar-refractivity contribution in [2.24, 2.45) is 0 Å². The molecule has 1 aromatic carbocycles. The summed E-state index contributed by atoms with van der Waals surface area (Å²) in [6.07, 6.45) is 0. The lowest BCUT2D eigenvalue weighted by atomic mass is 10.1. The summed E-state index contributed by atoms with van der Waals surface area (Å²) in [6, 6.07) is 4.91. The molecule has 1 rings (SSSR count). The van der Waals surface area contributed by atoms with Crippen molar-refractivity contribution in [2.75, 3.05) is 46.3 Å². The van der Waals surface area contributed by atoms with Gasteiger partial charge in [-0.2, -0.15) is 0 Å². The molecule has 6 nitrogen and oxygen atoms in total. The summed E-state index contributed by atoms with van der Waals surface area (Å²) in [6.45, 7) is 1.92. The first-order valence-corrected chi connectivity index (χ1v) is 5.97. The minimum atomic E-state index is -0.216. The van der Waals surface area contributed by atoms with E-state index in [1.54, 1.807) is 25.3 Å². The standard InChI is InChI=1S/C13H20N2O4/c1-17-7-8-19-6-5-15-13(16)11-4-3-10(14)9-12(11)18-2/h3-4,9H,5-8,14H2,1-2H3,(H,15,16). The molecule has 0 spiro atoms. The molecule has 0 aliphatic rings. The molecule has 3 N–H and O–H groups in total. The van der Waals surface area contributed by atoms with Crippen molar-refractivity contribution < 1.29 is 19.0 Å². The fraction of sp³-hybridized carbons (Fsp3) is 0.462. The summed E-state index contributed by atoms with van der Waals surface area (Å²) < 4.78 is 15.2. The van der Waals surface area contributed by atoms with Crippen LogP contribution in [0.5, 0.6) is 5.75 Å². The molecule has 0 fully saturated rings. The Hall–Kier alpha value is -1.79. The van der Waals surface area contributed by atoms with E-state index in [1.165, 1.54) is 7.11 Å². The third kappa shape index (κ3) is 5.15. The highest BCUT2D eigenvalue weighted by atomic mass is 16.5. The Morgan fingerprint density at radius 2 is 2.05 bits per heavy atom. The van der Waals surface area contributed by atoms with Crippen LogP contribution in [-0.2, 0) is 9.47 Å². The molecule has 0 saturated heterocycles. The quantitative estimate of drug-likeness (QED) is 0.535. The van der Waals surface area contributed by atoms with E-state index in [9.17, 15) is 4.79 Å². The van der Waals surface area contributed by atoms with Crippen molar-refractivity contribution in [3.63, 3.8) is 0 Å². The lowest BCUT2D eigenvalue weighted by molar-refractivity contribution is 0.0692. The summed E-state index contributed by atoms with van der Waals surface area (Å²) in [5, 5.41) is 2.74. The number of ether oxygens (including phenoxy) is 3. The average Bonchev–Trinajstić information content (AvgIpc) is 2.42. The zero-order valence-corrected chi connectivity index (χ0v) is 11.3. The van der Waals surface area contributed by atoms with Crippen LogP contribution in [0.15, 0.2) is 18.2 Å². The number of anilines is 1. The topological polar surface area (TPSA) is 82.8 Å². The Labute approximate surface area is 112 Å². The van der Waals surface area contributed by atoms with Gasteiger partial charge in [-0.25, -0.2) is 0 Å². The van der Waals surface area contributed by atoms with Gasteiger partial charge < -0.3 is 25.3 Å². The maximum absolute atomic E-state index is 11.9. The molecule has 0 unspecified atom stereocenters. The van der Waals surface area contributed by atoms with Crippen LogP contribution in [0, 0.1) is 0 Å². The van der Waals surface area contributed by atoms with E-state index in [2.05, 4.69) is 5.32 Å². The molecule has 0 bridgehead atoms. The smallest absolute Gasteiger partial charge is 0.255 e. The minimum absolute atomic E-state index is 0.216. The largest absolute Gasteiger partial charge is 0.496 e. The van der Waals surface area contributed by atoms with Crippen LogP contribution < -0.4 is 15.8 Å². The molecule has 0 aliphatic heterocycles. The van der Waals surface area contributed by atoms with Crippen molar-refractivity contribution in [1.82, 2.24) is 5.32 Å². The zero-order valence-electron chi connectivity index (χ0n) is 11.3. The van der Waals surface area contributed by atoms with Crippen LogP contribution in [-0.4, -0.2) is 46.5 Å². The lowest BCUT2D eigenvalue weighted by Gasteiger charge is -2.10. The second kappa shape index (κ2) is 8.34. The molecule has 0 aliphatic carbocycles. The van der Waals surface area contributed by atoms with Crippen LogP contribution in [0.2, 0.25) is 0 Å². The molecule has 19 heavy (non-hydrogen) atoms. The Morgan fingerprint density at radius 3 is 2.74 bits per heavy atom. The predicted octanol–water partition coefficient (Wildman–Crippen LogP) is 0.670. The number of amides is 1. The van der Waals surface area contributed by atoms with Gasteiger partial charge in [-0.15, -0.1) is 0 Å². The summed E-state index contributed by atoms with van der Waals surface area (Å²) in [5.41, 5.74) is 6.63. The molecule has 6 heteroatoms. The average molecular weight is 268 g/mol. The van der Waals surface area contributed by atoms with Crippen molar-refractivity contribution in [3.05, 3.63) is 23.8 Å². The molecule has 0 heterocycles. The van der Waals surface area contributed by atoms with Gasteiger partial charge in [-0.1, -0.05) is 0 Å². The van der Waals surface area contributed by atoms with Crippen LogP contribution in [0.4, 0.5) is 5.69 Å². The molecule has 1 amide bonds. The fourth-order valence-corrected chi connectivity index (χ4v) is 1.47. The molecular weight excluding hydrogens is 248 g/mol. The molecule has 1 aromatic rings. The number of nitrogen functional groups attached to an aromatic ring is 1. The molecule has 0 atom stereocenters. The summed E-state index contributed by atoms with van der Waals surface area (Å²) in [4.78, 5) is 11.9. The molecular formula is C13H20N2O4. The summed E-state index contributed by atoms with van der Waals surface area (Å²) in [5.74, 6) is 0.241. The number of nitrogens with one attached hydrogen (secondary N) is 1. The van der Waals surface area contributed by atoms with Gasteiger partial charge in [0.1, 0.15) is 5.75 Å². The number of benzene rings is 1. The molecule has 0 radical (unpaired) electrons. The maximum Gasteiger partial charge on any atom is 0.255 e. The number of rotatable bonds is 8. The number of methoxy groups -OCH3 is 2. The first kappa shape index (κ1) is 15.3. The van der Waals surface area contributed by atoms with E-state index in [0.29, 0.717) is 43.4 Å². The van der Waals surface area contributed by atoms with E-state index in [-0.39, 0.29) is 5.91 Å². The summed E-state index contributed by atoms with van der Waals surface area (Å²) >= 11 is 0. The van der Waals surface area contributed by atoms with Crippen molar-refractivity contribution in [2.45, 2.75) is 0 Å². The van der Waals surface area contributed by atoms with Gasteiger partial charge >= 0.3 is 0 Å². The number of carbonyl (C=O) groups is 1. The zero-order chi connectivity index (χ0) is 14.1. The van der Waals surface area contributed by atoms with E-state index < -0.39 is 0 Å². The summed E-state index contributed by atoms with van der Waals surface area (Å²) in [7, 11) is 3.11. The minimum Gasteiger partial charge on any atom is -0.496 e. The number of hydrogen-bond donors (Lipinski definition) is 2. The van der Waals surface area contributed by atoms with Crippen molar-refractivity contribution in [3.8, 4) is 5.75 Å².